The van der Waals surface area contributed by atoms with Gasteiger partial charge in [0.25, 0.3) is 0 Å². The summed E-state index contributed by atoms with van der Waals surface area (Å²) in [6.07, 6.45) is 6.93. The minimum Gasteiger partial charge on any atom is -0.330 e. The van der Waals surface area contributed by atoms with Crippen molar-refractivity contribution in [2.75, 3.05) is 19.6 Å². The van der Waals surface area contributed by atoms with Crippen molar-refractivity contribution >= 4 is 0 Å². The summed E-state index contributed by atoms with van der Waals surface area (Å²) in [6, 6.07) is 0.878. The molecule has 1 saturated heterocycles. The van der Waals surface area contributed by atoms with Gasteiger partial charge < -0.3 is 5.73 Å². The van der Waals surface area contributed by atoms with Crippen molar-refractivity contribution in [3.63, 3.8) is 0 Å². The van der Waals surface area contributed by atoms with Crippen LogP contribution in [0, 0.1) is 11.3 Å². The maximum atomic E-state index is 5.66. The third-order valence-corrected chi connectivity index (χ3v) is 4.11. The maximum absolute atomic E-state index is 5.66. The topological polar surface area (TPSA) is 29.3 Å². The number of likely N-dealkylation sites (tertiary alicyclic amines) is 1. The van der Waals surface area contributed by atoms with Gasteiger partial charge in [0.15, 0.2) is 0 Å². The van der Waals surface area contributed by atoms with Gasteiger partial charge in [-0.1, -0.05) is 26.7 Å². The van der Waals surface area contributed by atoms with Crippen LogP contribution < -0.4 is 5.73 Å². The molecule has 0 radical (unpaired) electrons. The lowest BCUT2D eigenvalue weighted by molar-refractivity contribution is -0.0253. The Hall–Kier alpha value is -0.0800. The Balaban J connectivity index is 1.78. The second-order valence-corrected chi connectivity index (χ2v) is 6.33. The van der Waals surface area contributed by atoms with Crippen LogP contribution >= 0.6 is 0 Å². The van der Waals surface area contributed by atoms with Crippen molar-refractivity contribution < 1.29 is 0 Å². The van der Waals surface area contributed by atoms with Gasteiger partial charge in [0, 0.05) is 19.1 Å². The van der Waals surface area contributed by atoms with Crippen LogP contribution in [-0.2, 0) is 0 Å². The number of nitrogens with two attached hydrogens (primary N) is 1. The Morgan fingerprint density at radius 1 is 1.27 bits per heavy atom. The molecule has 2 N–H and O–H groups in total. The smallest absolute Gasteiger partial charge is 0.00983 e. The molecule has 0 bridgehead atoms. The first-order valence-corrected chi connectivity index (χ1v) is 6.55. The summed E-state index contributed by atoms with van der Waals surface area (Å²) < 4.78 is 0. The highest BCUT2D eigenvalue weighted by Gasteiger charge is 2.39. The van der Waals surface area contributed by atoms with Gasteiger partial charge in [-0.25, -0.2) is 0 Å². The molecule has 2 fully saturated rings. The van der Waals surface area contributed by atoms with Crippen molar-refractivity contribution in [3.05, 3.63) is 0 Å². The molecule has 0 amide bonds. The summed E-state index contributed by atoms with van der Waals surface area (Å²) in [5.41, 5.74) is 6.24. The molecular formula is C13H26N2. The van der Waals surface area contributed by atoms with Crippen molar-refractivity contribution in [2.45, 2.75) is 52.0 Å². The number of hydrogen-bond acceptors (Lipinski definition) is 2. The van der Waals surface area contributed by atoms with Gasteiger partial charge in [-0.3, -0.25) is 4.90 Å². The average Bonchev–Trinajstić information content (AvgIpc) is 2.15. The molecule has 0 spiro atoms. The van der Waals surface area contributed by atoms with E-state index in [4.69, 9.17) is 5.73 Å². The molecule has 1 heterocycles. The third-order valence-electron chi connectivity index (χ3n) is 4.11. The summed E-state index contributed by atoms with van der Waals surface area (Å²) in [4.78, 5) is 2.70. The van der Waals surface area contributed by atoms with Crippen LogP contribution in [0.4, 0.5) is 0 Å². The van der Waals surface area contributed by atoms with Gasteiger partial charge in [-0.05, 0) is 37.1 Å². The molecule has 0 aromatic heterocycles. The molecular weight excluding hydrogens is 184 g/mol. The van der Waals surface area contributed by atoms with Crippen LogP contribution in [0.1, 0.15) is 46.0 Å². The molecule has 0 aromatic rings. The molecule has 15 heavy (non-hydrogen) atoms. The van der Waals surface area contributed by atoms with Crippen molar-refractivity contribution in [3.8, 4) is 0 Å². The Morgan fingerprint density at radius 2 is 2.00 bits per heavy atom. The predicted molar refractivity (Wildman–Crippen MR) is 64.8 cm³/mol. The second-order valence-electron chi connectivity index (χ2n) is 6.33. The monoisotopic (exact) mass is 210 g/mol. The normalized spacial score (nSPS) is 36.2. The Morgan fingerprint density at radius 3 is 2.60 bits per heavy atom. The van der Waals surface area contributed by atoms with E-state index in [2.05, 4.69) is 18.7 Å². The molecule has 2 heteroatoms. The standard InChI is InChI=1S/C13H26N2/c1-13(2)9-15(10-13)12-5-3-4-11(8-12)6-7-14/h11-12H,3-10,14H2,1-2H3. The first kappa shape index (κ1) is 11.4. The molecule has 1 aliphatic carbocycles. The van der Waals surface area contributed by atoms with Crippen molar-refractivity contribution in [2.24, 2.45) is 17.1 Å². The van der Waals surface area contributed by atoms with Gasteiger partial charge in [0.05, 0.1) is 0 Å². The summed E-state index contributed by atoms with van der Waals surface area (Å²) in [6.45, 7) is 8.26. The number of rotatable bonds is 3. The van der Waals surface area contributed by atoms with Gasteiger partial charge in [0.2, 0.25) is 0 Å². The zero-order valence-electron chi connectivity index (χ0n) is 10.3. The SMILES string of the molecule is CC1(C)CN(C2CCCC(CCN)C2)C1. The van der Waals surface area contributed by atoms with E-state index in [0.717, 1.165) is 18.5 Å². The fourth-order valence-electron chi connectivity index (χ4n) is 3.40. The van der Waals surface area contributed by atoms with Crippen molar-refractivity contribution in [1.29, 1.82) is 0 Å². The van der Waals surface area contributed by atoms with Gasteiger partial charge >= 0.3 is 0 Å². The maximum Gasteiger partial charge on any atom is 0.00983 e. The van der Waals surface area contributed by atoms with Crippen LogP contribution in [0.3, 0.4) is 0 Å². The van der Waals surface area contributed by atoms with Crippen LogP contribution in [-0.4, -0.2) is 30.6 Å². The lowest BCUT2D eigenvalue weighted by atomic mass is 9.77. The van der Waals surface area contributed by atoms with E-state index < -0.39 is 0 Å². The quantitative estimate of drug-likeness (QED) is 0.774. The molecule has 2 nitrogen and oxygen atoms in total. The highest BCUT2D eigenvalue weighted by Crippen LogP contribution is 2.37. The van der Waals surface area contributed by atoms with Crippen LogP contribution in [0.25, 0.3) is 0 Å². The van der Waals surface area contributed by atoms with Gasteiger partial charge in [0.1, 0.15) is 0 Å². The van der Waals surface area contributed by atoms with E-state index in [0.29, 0.717) is 5.41 Å². The van der Waals surface area contributed by atoms with E-state index in [1.807, 2.05) is 0 Å². The largest absolute Gasteiger partial charge is 0.330 e. The average molecular weight is 210 g/mol. The van der Waals surface area contributed by atoms with E-state index >= 15 is 0 Å². The van der Waals surface area contributed by atoms with Crippen LogP contribution in [0.15, 0.2) is 0 Å². The zero-order chi connectivity index (χ0) is 10.9. The van der Waals surface area contributed by atoms with Crippen LogP contribution in [0.5, 0.6) is 0 Å². The minimum atomic E-state index is 0.584. The lowest BCUT2D eigenvalue weighted by Crippen LogP contribution is -2.57. The zero-order valence-corrected chi connectivity index (χ0v) is 10.3. The molecule has 1 saturated carbocycles. The highest BCUT2D eigenvalue weighted by atomic mass is 15.2. The molecule has 2 unspecified atom stereocenters. The predicted octanol–water partition coefficient (Wildman–Crippen LogP) is 2.24. The molecule has 0 aromatic carbocycles. The van der Waals surface area contributed by atoms with Crippen molar-refractivity contribution in [1.82, 2.24) is 4.90 Å². The lowest BCUT2D eigenvalue weighted by Gasteiger charge is -2.51. The minimum absolute atomic E-state index is 0.584. The summed E-state index contributed by atoms with van der Waals surface area (Å²) >= 11 is 0. The first-order chi connectivity index (χ1) is 7.11. The second kappa shape index (κ2) is 4.42. The first-order valence-electron chi connectivity index (χ1n) is 6.55. The van der Waals surface area contributed by atoms with Gasteiger partial charge in [-0.15, -0.1) is 0 Å². The van der Waals surface area contributed by atoms with Gasteiger partial charge in [-0.2, -0.15) is 0 Å². The molecule has 88 valence electrons. The van der Waals surface area contributed by atoms with Crippen LogP contribution in [0.2, 0.25) is 0 Å². The Kier molecular flexibility index (Phi) is 3.36. The molecule has 2 aliphatic rings. The number of nitrogens with zero attached hydrogens (tertiary/aromatic N) is 1. The van der Waals surface area contributed by atoms with E-state index in [9.17, 15) is 0 Å². The summed E-state index contributed by atoms with van der Waals surface area (Å²) in [7, 11) is 0. The Bertz CT molecular complexity index is 203. The molecule has 1 aliphatic heterocycles. The molecule has 2 rings (SSSR count). The third kappa shape index (κ3) is 2.73. The van der Waals surface area contributed by atoms with E-state index in [-0.39, 0.29) is 0 Å². The highest BCUT2D eigenvalue weighted by molar-refractivity contribution is 4.93. The fourth-order valence-corrected chi connectivity index (χ4v) is 3.40. The fraction of sp³-hybridized carbons (Fsp3) is 1.00. The number of hydrogen-bond donors (Lipinski definition) is 1. The van der Waals surface area contributed by atoms with E-state index in [1.54, 1.807) is 0 Å². The Labute approximate surface area is 94.2 Å². The molecule has 2 atom stereocenters. The van der Waals surface area contributed by atoms with E-state index in [1.165, 1.54) is 45.2 Å². The summed E-state index contributed by atoms with van der Waals surface area (Å²) in [5.74, 6) is 0.914. The summed E-state index contributed by atoms with van der Waals surface area (Å²) in [5, 5.41) is 0.